The van der Waals surface area contributed by atoms with Crippen LogP contribution < -0.4 is 10.6 Å². The van der Waals surface area contributed by atoms with Gasteiger partial charge in [-0.3, -0.25) is 9.78 Å². The third kappa shape index (κ3) is 7.22. The lowest BCUT2D eigenvalue weighted by Gasteiger charge is -2.08. The predicted octanol–water partition coefficient (Wildman–Crippen LogP) is 4.32. The van der Waals surface area contributed by atoms with Gasteiger partial charge >= 0.3 is 6.09 Å². The summed E-state index contributed by atoms with van der Waals surface area (Å²) in [4.78, 5) is 28.1. The first-order valence-corrected chi connectivity index (χ1v) is 10.1. The molecule has 0 atom stereocenters. The van der Waals surface area contributed by atoms with E-state index in [4.69, 9.17) is 4.74 Å². The fourth-order valence-electron chi connectivity index (χ4n) is 2.86. The third-order valence-electron chi connectivity index (χ3n) is 4.52. The maximum absolute atomic E-state index is 13.3. The van der Waals surface area contributed by atoms with Crippen molar-refractivity contribution in [2.75, 3.05) is 13.2 Å². The summed E-state index contributed by atoms with van der Waals surface area (Å²) in [6.07, 6.45) is 2.32. The average molecular weight is 421 g/mol. The standard InChI is InChI=1S/C24H24FN3O3/c25-21-10-6-9-19(15-21)22-12-11-20(17-27-22)23(29)26-13-4-5-14-31-24(30)28-16-18-7-2-1-3-8-18/h1-3,6-12,15,17H,4-5,13-14,16H2,(H,26,29)(H,28,30). The van der Waals surface area contributed by atoms with Crippen molar-refractivity contribution >= 4 is 12.0 Å². The fourth-order valence-corrected chi connectivity index (χ4v) is 2.86. The molecule has 2 aromatic carbocycles. The molecule has 31 heavy (non-hydrogen) atoms. The van der Waals surface area contributed by atoms with Crippen LogP contribution in [-0.2, 0) is 11.3 Å². The molecule has 3 aromatic rings. The topological polar surface area (TPSA) is 80.3 Å². The molecule has 0 aliphatic carbocycles. The first kappa shape index (κ1) is 22.0. The first-order valence-electron chi connectivity index (χ1n) is 10.1. The molecule has 0 radical (unpaired) electrons. The van der Waals surface area contributed by atoms with Crippen molar-refractivity contribution in [1.82, 2.24) is 15.6 Å². The van der Waals surface area contributed by atoms with Gasteiger partial charge < -0.3 is 15.4 Å². The molecule has 0 fully saturated rings. The Morgan fingerprint density at radius 1 is 0.935 bits per heavy atom. The van der Waals surface area contributed by atoms with Crippen LogP contribution in [0.5, 0.6) is 0 Å². The van der Waals surface area contributed by atoms with E-state index < -0.39 is 6.09 Å². The predicted molar refractivity (Wildman–Crippen MR) is 116 cm³/mol. The van der Waals surface area contributed by atoms with Gasteiger partial charge in [0, 0.05) is 24.8 Å². The molecule has 0 bridgehead atoms. The molecule has 1 heterocycles. The molecule has 6 nitrogen and oxygen atoms in total. The van der Waals surface area contributed by atoms with Gasteiger partial charge in [0.2, 0.25) is 0 Å². The lowest BCUT2D eigenvalue weighted by molar-refractivity contribution is 0.0950. The number of halogens is 1. The van der Waals surface area contributed by atoms with Gasteiger partial charge in [-0.25, -0.2) is 9.18 Å². The number of nitrogens with zero attached hydrogens (tertiary/aromatic N) is 1. The van der Waals surface area contributed by atoms with Crippen molar-refractivity contribution in [3.05, 3.63) is 89.9 Å². The number of carbonyl (C=O) groups excluding carboxylic acids is 2. The number of hydrogen-bond acceptors (Lipinski definition) is 4. The van der Waals surface area contributed by atoms with Crippen LogP contribution in [0.3, 0.4) is 0 Å². The van der Waals surface area contributed by atoms with E-state index in [1.165, 1.54) is 18.3 Å². The smallest absolute Gasteiger partial charge is 0.407 e. The molecule has 0 unspecified atom stereocenters. The van der Waals surface area contributed by atoms with Crippen molar-refractivity contribution in [3.63, 3.8) is 0 Å². The van der Waals surface area contributed by atoms with Crippen molar-refractivity contribution < 1.29 is 18.7 Å². The molecule has 0 spiro atoms. The number of hydrogen-bond donors (Lipinski definition) is 2. The van der Waals surface area contributed by atoms with Crippen LogP contribution in [0.1, 0.15) is 28.8 Å². The van der Waals surface area contributed by atoms with E-state index in [0.717, 1.165) is 5.56 Å². The Morgan fingerprint density at radius 2 is 1.77 bits per heavy atom. The maximum atomic E-state index is 13.3. The Kier molecular flexibility index (Phi) is 8.11. The number of pyridine rings is 1. The zero-order valence-electron chi connectivity index (χ0n) is 17.0. The van der Waals surface area contributed by atoms with E-state index in [9.17, 15) is 14.0 Å². The zero-order chi connectivity index (χ0) is 21.9. The summed E-state index contributed by atoms with van der Waals surface area (Å²) in [6.45, 7) is 1.15. The minimum absolute atomic E-state index is 0.236. The molecule has 7 heteroatoms. The SMILES string of the molecule is O=C(NCc1ccccc1)OCCCCNC(=O)c1ccc(-c2cccc(F)c2)nc1. The lowest BCUT2D eigenvalue weighted by atomic mass is 10.1. The zero-order valence-corrected chi connectivity index (χ0v) is 17.0. The summed E-state index contributed by atoms with van der Waals surface area (Å²) < 4.78 is 18.4. The summed E-state index contributed by atoms with van der Waals surface area (Å²) >= 11 is 0. The number of benzene rings is 2. The normalized spacial score (nSPS) is 10.4. The number of nitrogens with one attached hydrogen (secondary N) is 2. The van der Waals surface area contributed by atoms with Gasteiger partial charge in [-0.2, -0.15) is 0 Å². The van der Waals surface area contributed by atoms with Gasteiger partial charge in [0.05, 0.1) is 17.9 Å². The summed E-state index contributed by atoms with van der Waals surface area (Å²) in [7, 11) is 0. The van der Waals surface area contributed by atoms with Crippen molar-refractivity contribution in [2.45, 2.75) is 19.4 Å². The summed E-state index contributed by atoms with van der Waals surface area (Å²) in [5.74, 6) is -0.571. The monoisotopic (exact) mass is 421 g/mol. The van der Waals surface area contributed by atoms with Crippen LogP contribution >= 0.6 is 0 Å². The number of alkyl carbamates (subject to hydrolysis) is 1. The summed E-state index contributed by atoms with van der Waals surface area (Å²) in [5.41, 5.74) is 2.68. The Bertz CT molecular complexity index is 994. The number of unbranched alkanes of at least 4 members (excludes halogenated alkanes) is 1. The molecule has 0 aliphatic rings. The molecule has 0 saturated carbocycles. The average Bonchev–Trinajstić information content (AvgIpc) is 2.80. The fraction of sp³-hybridized carbons (Fsp3) is 0.208. The van der Waals surface area contributed by atoms with Crippen molar-refractivity contribution in [1.29, 1.82) is 0 Å². The highest BCUT2D eigenvalue weighted by Gasteiger charge is 2.07. The minimum atomic E-state index is -0.461. The van der Waals surface area contributed by atoms with Crippen molar-refractivity contribution in [2.24, 2.45) is 0 Å². The number of ether oxygens (including phenoxy) is 1. The third-order valence-corrected chi connectivity index (χ3v) is 4.52. The molecular weight excluding hydrogens is 397 g/mol. The lowest BCUT2D eigenvalue weighted by Crippen LogP contribution is -2.26. The molecule has 0 aliphatic heterocycles. The largest absolute Gasteiger partial charge is 0.450 e. The molecule has 3 rings (SSSR count). The highest BCUT2D eigenvalue weighted by Crippen LogP contribution is 2.17. The van der Waals surface area contributed by atoms with Crippen LogP contribution in [0.15, 0.2) is 72.9 Å². The first-order chi connectivity index (χ1) is 15.1. The molecule has 1 aromatic heterocycles. The van der Waals surface area contributed by atoms with E-state index >= 15 is 0 Å². The maximum Gasteiger partial charge on any atom is 0.407 e. The second-order valence-electron chi connectivity index (χ2n) is 6.88. The van der Waals surface area contributed by atoms with Crippen LogP contribution in [0.25, 0.3) is 11.3 Å². The number of rotatable bonds is 9. The van der Waals surface area contributed by atoms with Crippen LogP contribution in [-0.4, -0.2) is 30.1 Å². The number of aromatic nitrogens is 1. The highest BCUT2D eigenvalue weighted by molar-refractivity contribution is 5.94. The summed E-state index contributed by atoms with van der Waals surface area (Å²) in [5, 5.41) is 5.50. The molecule has 160 valence electrons. The summed E-state index contributed by atoms with van der Waals surface area (Å²) in [6, 6.07) is 19.1. The van der Waals surface area contributed by atoms with E-state index in [1.807, 2.05) is 30.3 Å². The van der Waals surface area contributed by atoms with Gasteiger partial charge in [-0.1, -0.05) is 42.5 Å². The Morgan fingerprint density at radius 3 is 2.52 bits per heavy atom. The van der Waals surface area contributed by atoms with Crippen LogP contribution in [0.2, 0.25) is 0 Å². The Labute approximate surface area is 180 Å². The Balaban J connectivity index is 1.31. The molecule has 2 N–H and O–H groups in total. The molecule has 0 saturated heterocycles. The van der Waals surface area contributed by atoms with E-state index in [-0.39, 0.29) is 18.3 Å². The molecule has 2 amide bonds. The van der Waals surface area contributed by atoms with E-state index in [0.29, 0.717) is 42.8 Å². The quantitative estimate of drug-likeness (QED) is 0.504. The molecular formula is C24H24FN3O3. The van der Waals surface area contributed by atoms with Gasteiger partial charge in [0.25, 0.3) is 5.91 Å². The second kappa shape index (κ2) is 11.4. The van der Waals surface area contributed by atoms with Crippen LogP contribution in [0, 0.1) is 5.82 Å². The van der Waals surface area contributed by atoms with Gasteiger partial charge in [-0.05, 0) is 42.7 Å². The highest BCUT2D eigenvalue weighted by atomic mass is 19.1. The van der Waals surface area contributed by atoms with Crippen molar-refractivity contribution in [3.8, 4) is 11.3 Å². The van der Waals surface area contributed by atoms with Gasteiger partial charge in [-0.15, -0.1) is 0 Å². The van der Waals surface area contributed by atoms with E-state index in [1.54, 1.807) is 24.3 Å². The van der Waals surface area contributed by atoms with Crippen LogP contribution in [0.4, 0.5) is 9.18 Å². The second-order valence-corrected chi connectivity index (χ2v) is 6.88. The van der Waals surface area contributed by atoms with Gasteiger partial charge in [0.1, 0.15) is 5.82 Å². The van der Waals surface area contributed by atoms with Gasteiger partial charge in [0.15, 0.2) is 0 Å². The van der Waals surface area contributed by atoms with E-state index in [2.05, 4.69) is 15.6 Å². The Hall–Kier alpha value is -3.74. The number of carbonyl (C=O) groups is 2. The number of amides is 2. The minimum Gasteiger partial charge on any atom is -0.450 e.